The number of rotatable bonds is 3. The molecule has 0 saturated carbocycles. The zero-order valence-corrected chi connectivity index (χ0v) is 10.7. The Morgan fingerprint density at radius 3 is 2.41 bits per heavy atom. The molecule has 0 aromatic rings. The van der Waals surface area contributed by atoms with E-state index in [4.69, 9.17) is 5.73 Å². The molecule has 2 heterocycles. The zero-order valence-electron chi connectivity index (χ0n) is 10.7. The van der Waals surface area contributed by atoms with Crippen LogP contribution in [0.5, 0.6) is 0 Å². The number of nitrogens with two attached hydrogens (primary N) is 1. The topological polar surface area (TPSA) is 61.6 Å². The molecule has 1 unspecified atom stereocenters. The van der Waals surface area contributed by atoms with Gasteiger partial charge in [0.1, 0.15) is 5.54 Å². The Morgan fingerprint density at radius 1 is 1.24 bits per heavy atom. The summed E-state index contributed by atoms with van der Waals surface area (Å²) in [6.07, 6.45) is 2.47. The maximum absolute atomic E-state index is 12.4. The molecule has 0 aromatic carbocycles. The van der Waals surface area contributed by atoms with Crippen molar-refractivity contribution >= 4 is 5.91 Å². The molecule has 2 saturated heterocycles. The summed E-state index contributed by atoms with van der Waals surface area (Å²) in [6, 6.07) is 0. The van der Waals surface area contributed by atoms with Crippen molar-refractivity contribution in [2.24, 2.45) is 5.73 Å². The first kappa shape index (κ1) is 12.8. The Hall–Kier alpha value is -0.650. The molecule has 5 nitrogen and oxygen atoms in total. The molecule has 1 amide bonds. The molecule has 2 aliphatic rings. The number of nitrogens with one attached hydrogen (secondary N) is 1. The molecule has 17 heavy (non-hydrogen) atoms. The van der Waals surface area contributed by atoms with Crippen molar-refractivity contribution < 1.29 is 4.79 Å². The monoisotopic (exact) mass is 240 g/mol. The predicted octanol–water partition coefficient (Wildman–Crippen LogP) is -0.769. The molecule has 3 N–H and O–H groups in total. The van der Waals surface area contributed by atoms with Crippen molar-refractivity contribution in [3.63, 3.8) is 0 Å². The van der Waals surface area contributed by atoms with E-state index < -0.39 is 5.54 Å². The maximum Gasteiger partial charge on any atom is 0.243 e. The highest BCUT2D eigenvalue weighted by molar-refractivity contribution is 5.86. The Balaban J connectivity index is 1.90. The van der Waals surface area contributed by atoms with Crippen LogP contribution in [-0.4, -0.2) is 67.1 Å². The molecule has 2 aliphatic heterocycles. The fourth-order valence-corrected chi connectivity index (χ4v) is 2.70. The molecule has 98 valence electrons. The van der Waals surface area contributed by atoms with Crippen LogP contribution >= 0.6 is 0 Å². The second kappa shape index (κ2) is 5.33. The van der Waals surface area contributed by atoms with Gasteiger partial charge in [-0.05, 0) is 32.9 Å². The van der Waals surface area contributed by atoms with Gasteiger partial charge < -0.3 is 20.9 Å². The summed E-state index contributed by atoms with van der Waals surface area (Å²) in [5.41, 5.74) is 5.48. The van der Waals surface area contributed by atoms with Crippen LogP contribution in [0.25, 0.3) is 0 Å². The number of hydrogen-bond donors (Lipinski definition) is 2. The van der Waals surface area contributed by atoms with Gasteiger partial charge in [0, 0.05) is 32.7 Å². The van der Waals surface area contributed by atoms with E-state index in [1.807, 2.05) is 11.8 Å². The van der Waals surface area contributed by atoms with E-state index in [-0.39, 0.29) is 5.91 Å². The lowest BCUT2D eigenvalue weighted by molar-refractivity contribution is -0.137. The van der Waals surface area contributed by atoms with Crippen LogP contribution < -0.4 is 11.1 Å². The molecule has 0 radical (unpaired) electrons. The first-order valence-corrected chi connectivity index (χ1v) is 6.61. The quantitative estimate of drug-likeness (QED) is 0.680. The maximum atomic E-state index is 12.4. The first-order chi connectivity index (χ1) is 8.09. The van der Waals surface area contributed by atoms with Crippen molar-refractivity contribution in [1.82, 2.24) is 15.1 Å². The van der Waals surface area contributed by atoms with Gasteiger partial charge in [-0.2, -0.15) is 0 Å². The number of likely N-dealkylation sites (tertiary alicyclic amines) is 1. The van der Waals surface area contributed by atoms with Crippen LogP contribution in [0.1, 0.15) is 19.8 Å². The van der Waals surface area contributed by atoms with E-state index in [0.717, 1.165) is 39.3 Å². The van der Waals surface area contributed by atoms with Crippen LogP contribution in [0, 0.1) is 0 Å². The van der Waals surface area contributed by atoms with Crippen LogP contribution in [0.4, 0.5) is 0 Å². The fourth-order valence-electron chi connectivity index (χ4n) is 2.70. The normalized spacial score (nSPS) is 25.9. The van der Waals surface area contributed by atoms with E-state index in [1.54, 1.807) is 0 Å². The number of piperazine rings is 1. The molecular formula is C12H24N4O. The third-order valence-corrected chi connectivity index (χ3v) is 3.64. The van der Waals surface area contributed by atoms with Crippen LogP contribution in [0.3, 0.4) is 0 Å². The summed E-state index contributed by atoms with van der Waals surface area (Å²) in [6.45, 7) is 8.06. The molecular weight excluding hydrogens is 216 g/mol. The van der Waals surface area contributed by atoms with Crippen molar-refractivity contribution in [2.75, 3.05) is 45.8 Å². The second-order valence-corrected chi connectivity index (χ2v) is 5.44. The first-order valence-electron chi connectivity index (χ1n) is 6.61. The SMILES string of the molecule is CC(N)(CN1CCCC1)C(=O)N1CCNCC1. The van der Waals surface area contributed by atoms with Gasteiger partial charge in [0.2, 0.25) is 5.91 Å². The molecule has 2 rings (SSSR count). The van der Waals surface area contributed by atoms with Gasteiger partial charge in [-0.25, -0.2) is 0 Å². The van der Waals surface area contributed by atoms with Gasteiger partial charge in [0.05, 0.1) is 0 Å². The minimum Gasteiger partial charge on any atom is -0.339 e. The summed E-state index contributed by atoms with van der Waals surface area (Å²) < 4.78 is 0. The van der Waals surface area contributed by atoms with E-state index in [2.05, 4.69) is 10.2 Å². The third-order valence-electron chi connectivity index (χ3n) is 3.64. The number of carbonyl (C=O) groups is 1. The summed E-state index contributed by atoms with van der Waals surface area (Å²) >= 11 is 0. The lowest BCUT2D eigenvalue weighted by atomic mass is 10.0. The smallest absolute Gasteiger partial charge is 0.243 e. The molecule has 0 spiro atoms. The van der Waals surface area contributed by atoms with Crippen molar-refractivity contribution in [3.8, 4) is 0 Å². The van der Waals surface area contributed by atoms with E-state index >= 15 is 0 Å². The summed E-state index contributed by atoms with van der Waals surface area (Å²) in [5, 5.41) is 3.25. The van der Waals surface area contributed by atoms with Crippen LogP contribution in [-0.2, 0) is 4.79 Å². The standard InChI is InChI=1S/C12H24N4O/c1-12(13,10-15-6-2-3-7-15)11(17)16-8-4-14-5-9-16/h14H,2-10,13H2,1H3. The number of nitrogens with zero attached hydrogens (tertiary/aromatic N) is 2. The van der Waals surface area contributed by atoms with Gasteiger partial charge in [0.25, 0.3) is 0 Å². The molecule has 2 fully saturated rings. The minimum atomic E-state index is -0.734. The highest BCUT2D eigenvalue weighted by Gasteiger charge is 2.35. The predicted molar refractivity (Wildman–Crippen MR) is 67.7 cm³/mol. The number of hydrogen-bond acceptors (Lipinski definition) is 4. The van der Waals surface area contributed by atoms with E-state index in [0.29, 0.717) is 6.54 Å². The van der Waals surface area contributed by atoms with Gasteiger partial charge in [-0.15, -0.1) is 0 Å². The lowest BCUT2D eigenvalue weighted by Crippen LogP contribution is -2.61. The second-order valence-electron chi connectivity index (χ2n) is 5.44. The zero-order chi connectivity index (χ0) is 12.3. The minimum absolute atomic E-state index is 0.103. The molecule has 5 heteroatoms. The fraction of sp³-hybridized carbons (Fsp3) is 0.917. The van der Waals surface area contributed by atoms with Crippen LogP contribution in [0.15, 0.2) is 0 Å². The van der Waals surface area contributed by atoms with Crippen molar-refractivity contribution in [1.29, 1.82) is 0 Å². The Kier molecular flexibility index (Phi) is 4.01. The average molecular weight is 240 g/mol. The number of amides is 1. The Bertz CT molecular complexity index is 268. The highest BCUT2D eigenvalue weighted by atomic mass is 16.2. The van der Waals surface area contributed by atoms with Crippen molar-refractivity contribution in [3.05, 3.63) is 0 Å². The molecule has 0 aliphatic carbocycles. The van der Waals surface area contributed by atoms with Crippen molar-refractivity contribution in [2.45, 2.75) is 25.3 Å². The average Bonchev–Trinajstić information content (AvgIpc) is 2.81. The largest absolute Gasteiger partial charge is 0.339 e. The molecule has 0 bridgehead atoms. The third kappa shape index (κ3) is 3.18. The van der Waals surface area contributed by atoms with Gasteiger partial charge in [-0.1, -0.05) is 0 Å². The Labute approximate surface area is 103 Å². The molecule has 1 atom stereocenters. The van der Waals surface area contributed by atoms with Gasteiger partial charge >= 0.3 is 0 Å². The lowest BCUT2D eigenvalue weighted by Gasteiger charge is -2.36. The summed E-state index contributed by atoms with van der Waals surface area (Å²) in [4.78, 5) is 16.6. The highest BCUT2D eigenvalue weighted by Crippen LogP contribution is 2.14. The molecule has 0 aromatic heterocycles. The summed E-state index contributed by atoms with van der Waals surface area (Å²) in [5.74, 6) is 0.103. The Morgan fingerprint density at radius 2 is 1.82 bits per heavy atom. The van der Waals surface area contributed by atoms with Gasteiger partial charge in [0.15, 0.2) is 0 Å². The van der Waals surface area contributed by atoms with Gasteiger partial charge in [-0.3, -0.25) is 4.79 Å². The van der Waals surface area contributed by atoms with E-state index in [1.165, 1.54) is 12.8 Å². The summed E-state index contributed by atoms with van der Waals surface area (Å²) in [7, 11) is 0. The van der Waals surface area contributed by atoms with E-state index in [9.17, 15) is 4.79 Å². The van der Waals surface area contributed by atoms with Crippen LogP contribution in [0.2, 0.25) is 0 Å². The number of carbonyl (C=O) groups excluding carboxylic acids is 1.